The van der Waals surface area contributed by atoms with Crippen molar-refractivity contribution in [2.24, 2.45) is 5.92 Å². The molecule has 1 aliphatic carbocycles. The third-order valence-electron chi connectivity index (χ3n) is 2.51. The van der Waals surface area contributed by atoms with Crippen LogP contribution in [0.4, 0.5) is 0 Å². The molecule has 0 bridgehead atoms. The molecular formula is C11H16O2. The lowest BCUT2D eigenvalue weighted by Crippen LogP contribution is -2.36. The van der Waals surface area contributed by atoms with Crippen molar-refractivity contribution in [1.29, 1.82) is 0 Å². The van der Waals surface area contributed by atoms with Crippen LogP contribution in [-0.2, 0) is 0 Å². The van der Waals surface area contributed by atoms with E-state index in [-0.39, 0.29) is 11.7 Å². The average Bonchev–Trinajstić information content (AvgIpc) is 2.02. The molecule has 0 amide bonds. The number of rotatable bonds is 1. The molecule has 2 atom stereocenters. The first kappa shape index (κ1) is 10.1. The van der Waals surface area contributed by atoms with Gasteiger partial charge in [-0.3, -0.25) is 0 Å². The summed E-state index contributed by atoms with van der Waals surface area (Å²) in [5, 5.41) is 19.4. The van der Waals surface area contributed by atoms with Gasteiger partial charge in [0.25, 0.3) is 0 Å². The fourth-order valence-electron chi connectivity index (χ4n) is 1.33. The molecule has 0 aliphatic heterocycles. The summed E-state index contributed by atoms with van der Waals surface area (Å²) in [4.78, 5) is 0. The quantitative estimate of drug-likeness (QED) is 0.650. The highest BCUT2D eigenvalue weighted by Crippen LogP contribution is 2.31. The number of allylic oxidation sites excluding steroid dienone is 4. The van der Waals surface area contributed by atoms with Crippen LogP contribution in [0.2, 0.25) is 0 Å². The van der Waals surface area contributed by atoms with E-state index in [0.717, 1.165) is 5.57 Å². The molecule has 2 nitrogen and oxygen atoms in total. The van der Waals surface area contributed by atoms with Gasteiger partial charge in [0.15, 0.2) is 0 Å². The molecule has 1 rings (SSSR count). The first-order valence-electron chi connectivity index (χ1n) is 4.46. The number of aliphatic hydroxyl groups excluding tert-OH is 1. The Morgan fingerprint density at radius 1 is 1.54 bits per heavy atom. The van der Waals surface area contributed by atoms with Crippen LogP contribution in [-0.4, -0.2) is 15.8 Å². The van der Waals surface area contributed by atoms with Crippen LogP contribution in [0.15, 0.2) is 35.6 Å². The Bertz CT molecular complexity index is 282. The van der Waals surface area contributed by atoms with Crippen molar-refractivity contribution in [2.75, 3.05) is 0 Å². The van der Waals surface area contributed by atoms with Gasteiger partial charge < -0.3 is 10.2 Å². The van der Waals surface area contributed by atoms with Gasteiger partial charge >= 0.3 is 0 Å². The van der Waals surface area contributed by atoms with Crippen molar-refractivity contribution in [2.45, 2.75) is 26.4 Å². The first-order chi connectivity index (χ1) is 5.98. The predicted octanol–water partition coefficient (Wildman–Crippen LogP) is 2.33. The van der Waals surface area contributed by atoms with Gasteiger partial charge in [-0.25, -0.2) is 0 Å². The zero-order valence-electron chi connectivity index (χ0n) is 8.28. The smallest absolute Gasteiger partial charge is 0.125 e. The Morgan fingerprint density at radius 3 is 2.62 bits per heavy atom. The van der Waals surface area contributed by atoms with Crippen LogP contribution in [0.3, 0.4) is 0 Å². The maximum Gasteiger partial charge on any atom is 0.125 e. The summed E-state index contributed by atoms with van der Waals surface area (Å²) in [6, 6.07) is 0. The first-order valence-corrected chi connectivity index (χ1v) is 4.46. The predicted molar refractivity (Wildman–Crippen MR) is 53.4 cm³/mol. The highest BCUT2D eigenvalue weighted by Gasteiger charge is 2.34. The molecule has 0 spiro atoms. The van der Waals surface area contributed by atoms with Gasteiger partial charge in [0.05, 0.1) is 0 Å². The minimum atomic E-state index is -1.12. The highest BCUT2D eigenvalue weighted by atomic mass is 16.3. The Morgan fingerprint density at radius 2 is 2.15 bits per heavy atom. The van der Waals surface area contributed by atoms with Crippen LogP contribution in [0.5, 0.6) is 0 Å². The van der Waals surface area contributed by atoms with Crippen LogP contribution in [0.1, 0.15) is 20.8 Å². The van der Waals surface area contributed by atoms with E-state index in [9.17, 15) is 10.2 Å². The molecule has 0 saturated carbocycles. The van der Waals surface area contributed by atoms with E-state index in [1.54, 1.807) is 13.0 Å². The van der Waals surface area contributed by atoms with Crippen LogP contribution < -0.4 is 0 Å². The lowest BCUT2D eigenvalue weighted by Gasteiger charge is -2.31. The molecule has 0 saturated heterocycles. The monoisotopic (exact) mass is 180 g/mol. The maximum absolute atomic E-state index is 9.81. The fraction of sp³-hybridized carbons (Fsp3) is 0.455. The fourth-order valence-corrected chi connectivity index (χ4v) is 1.33. The number of hydrogen-bond acceptors (Lipinski definition) is 2. The lowest BCUT2D eigenvalue weighted by molar-refractivity contribution is 0.0189. The standard InChI is InChI=1S/C11H16O2/c1-4-5-9-6-8(2)11(3,13)10(12)7-9/h4-8,12-13H,1-3H3/b5-4+. The molecule has 1 aliphatic rings. The van der Waals surface area contributed by atoms with Crippen LogP contribution in [0, 0.1) is 5.92 Å². The van der Waals surface area contributed by atoms with E-state index in [4.69, 9.17) is 0 Å². The Hall–Kier alpha value is -1.02. The van der Waals surface area contributed by atoms with Gasteiger partial charge in [0, 0.05) is 5.92 Å². The molecule has 2 unspecified atom stereocenters. The van der Waals surface area contributed by atoms with E-state index in [0.29, 0.717) is 0 Å². The minimum absolute atomic E-state index is 0.0376. The van der Waals surface area contributed by atoms with Crippen molar-refractivity contribution in [3.63, 3.8) is 0 Å². The normalized spacial score (nSPS) is 34.6. The second-order valence-corrected chi connectivity index (χ2v) is 3.63. The second kappa shape index (κ2) is 3.38. The van der Waals surface area contributed by atoms with Crippen molar-refractivity contribution in [1.82, 2.24) is 0 Å². The second-order valence-electron chi connectivity index (χ2n) is 3.63. The summed E-state index contributed by atoms with van der Waals surface area (Å²) in [5.74, 6) is -0.0284. The van der Waals surface area contributed by atoms with E-state index in [1.807, 2.05) is 32.1 Å². The molecule has 0 radical (unpaired) electrons. The molecule has 13 heavy (non-hydrogen) atoms. The van der Waals surface area contributed by atoms with E-state index < -0.39 is 5.60 Å². The summed E-state index contributed by atoms with van der Waals surface area (Å²) in [6.45, 7) is 5.42. The summed E-state index contributed by atoms with van der Waals surface area (Å²) < 4.78 is 0. The van der Waals surface area contributed by atoms with Gasteiger partial charge in [-0.05, 0) is 25.5 Å². The van der Waals surface area contributed by atoms with Crippen LogP contribution >= 0.6 is 0 Å². The van der Waals surface area contributed by atoms with Gasteiger partial charge in [-0.2, -0.15) is 0 Å². The molecule has 2 N–H and O–H groups in total. The summed E-state index contributed by atoms with van der Waals surface area (Å²) in [6.07, 6.45) is 7.35. The molecular weight excluding hydrogens is 164 g/mol. The van der Waals surface area contributed by atoms with Gasteiger partial charge in [-0.15, -0.1) is 0 Å². The molecule has 0 fully saturated rings. The maximum atomic E-state index is 9.81. The minimum Gasteiger partial charge on any atom is -0.509 e. The zero-order chi connectivity index (χ0) is 10.1. The Kier molecular flexibility index (Phi) is 2.62. The largest absolute Gasteiger partial charge is 0.509 e. The average molecular weight is 180 g/mol. The van der Waals surface area contributed by atoms with E-state index in [1.165, 1.54) is 0 Å². The molecule has 72 valence electrons. The molecule has 0 aromatic carbocycles. The summed E-state index contributed by atoms with van der Waals surface area (Å²) in [7, 11) is 0. The summed E-state index contributed by atoms with van der Waals surface area (Å²) >= 11 is 0. The third-order valence-corrected chi connectivity index (χ3v) is 2.51. The van der Waals surface area contributed by atoms with Crippen molar-refractivity contribution in [3.8, 4) is 0 Å². The Balaban J connectivity index is 3.00. The van der Waals surface area contributed by atoms with Crippen molar-refractivity contribution >= 4 is 0 Å². The highest BCUT2D eigenvalue weighted by molar-refractivity contribution is 5.39. The van der Waals surface area contributed by atoms with Gasteiger partial charge in [-0.1, -0.05) is 25.2 Å². The Labute approximate surface area is 78.9 Å². The number of aliphatic hydroxyl groups is 2. The summed E-state index contributed by atoms with van der Waals surface area (Å²) in [5.41, 5.74) is -0.176. The van der Waals surface area contributed by atoms with Gasteiger partial charge in [0.2, 0.25) is 0 Å². The van der Waals surface area contributed by atoms with Crippen molar-refractivity contribution in [3.05, 3.63) is 35.6 Å². The number of hydrogen-bond donors (Lipinski definition) is 2. The molecule has 0 aromatic rings. The van der Waals surface area contributed by atoms with Crippen LogP contribution in [0.25, 0.3) is 0 Å². The third kappa shape index (κ3) is 1.83. The zero-order valence-corrected chi connectivity index (χ0v) is 8.28. The molecule has 0 aromatic heterocycles. The van der Waals surface area contributed by atoms with E-state index >= 15 is 0 Å². The SMILES string of the molecule is C/C=C/C1=CC(C)C(C)(O)C(O)=C1. The topological polar surface area (TPSA) is 40.5 Å². The van der Waals surface area contributed by atoms with E-state index in [2.05, 4.69) is 0 Å². The van der Waals surface area contributed by atoms with Crippen molar-refractivity contribution < 1.29 is 10.2 Å². The molecule has 0 heterocycles. The van der Waals surface area contributed by atoms with Gasteiger partial charge in [0.1, 0.15) is 11.4 Å². The lowest BCUT2D eigenvalue weighted by atomic mass is 9.83. The molecule has 2 heteroatoms.